The van der Waals surface area contributed by atoms with Gasteiger partial charge in [-0.15, -0.1) is 0 Å². The number of likely N-dealkylation sites (tertiary alicyclic amines) is 1. The van der Waals surface area contributed by atoms with Crippen molar-refractivity contribution in [2.24, 2.45) is 17.8 Å². The number of amides is 1. The van der Waals surface area contributed by atoms with Crippen LogP contribution in [-0.4, -0.2) is 81.3 Å². The van der Waals surface area contributed by atoms with E-state index in [2.05, 4.69) is 15.2 Å². The zero-order valence-electron chi connectivity index (χ0n) is 29.6. The third-order valence-electron chi connectivity index (χ3n) is 12.5. The zero-order chi connectivity index (χ0) is 37.3. The number of hydrogen-bond donors (Lipinski definition) is 2. The van der Waals surface area contributed by atoms with Crippen LogP contribution in [0.25, 0.3) is 22.2 Å². The van der Waals surface area contributed by atoms with E-state index in [4.69, 9.17) is 9.47 Å². The van der Waals surface area contributed by atoms with Crippen molar-refractivity contribution in [2.45, 2.75) is 107 Å². The van der Waals surface area contributed by atoms with Gasteiger partial charge in [0.15, 0.2) is 5.69 Å². The van der Waals surface area contributed by atoms with E-state index < -0.39 is 40.8 Å². The normalized spacial score (nSPS) is 29.5. The highest BCUT2D eigenvalue weighted by atomic mass is 19.4. The third-order valence-corrected chi connectivity index (χ3v) is 12.5. The van der Waals surface area contributed by atoms with Crippen LogP contribution < -0.4 is 10.1 Å². The highest BCUT2D eigenvalue weighted by Crippen LogP contribution is 2.51. The fourth-order valence-electron chi connectivity index (χ4n) is 9.82. The highest BCUT2D eigenvalue weighted by molar-refractivity contribution is 6.00. The minimum absolute atomic E-state index is 0.0448. The van der Waals surface area contributed by atoms with Gasteiger partial charge >= 0.3 is 12.1 Å². The molecular formula is C39H45F5N4O5. The number of carbonyl (C=O) groups is 2. The first kappa shape index (κ1) is 36.2. The molecule has 53 heavy (non-hydrogen) atoms. The highest BCUT2D eigenvalue weighted by Gasteiger charge is 2.56. The van der Waals surface area contributed by atoms with E-state index >= 15 is 0 Å². The predicted octanol–water partition coefficient (Wildman–Crippen LogP) is 7.72. The Morgan fingerprint density at radius 2 is 1.81 bits per heavy atom. The van der Waals surface area contributed by atoms with Crippen molar-refractivity contribution in [2.75, 3.05) is 26.3 Å². The average molecular weight is 745 g/mol. The molecule has 286 valence electrons. The molecule has 3 aliphatic carbocycles. The number of alkyl halides is 5. The lowest BCUT2D eigenvalue weighted by atomic mass is 9.78. The number of aliphatic carboxylic acids is 1. The third kappa shape index (κ3) is 6.90. The van der Waals surface area contributed by atoms with Gasteiger partial charge in [0.2, 0.25) is 5.92 Å². The number of carbonyl (C=O) groups excluding carboxylic acids is 1. The van der Waals surface area contributed by atoms with E-state index in [1.54, 1.807) is 18.3 Å². The lowest BCUT2D eigenvalue weighted by Gasteiger charge is -2.41. The topological polar surface area (TPSA) is 106 Å². The maximum Gasteiger partial charge on any atom is 0.434 e. The molecule has 4 heterocycles. The molecule has 14 heteroatoms. The molecule has 2 saturated heterocycles. The summed E-state index contributed by atoms with van der Waals surface area (Å²) in [5.74, 6) is -4.62. The second kappa shape index (κ2) is 13.5. The molecule has 1 aromatic carbocycles. The van der Waals surface area contributed by atoms with Gasteiger partial charge in [0.05, 0.1) is 36.0 Å². The van der Waals surface area contributed by atoms with Crippen molar-refractivity contribution in [3.8, 4) is 17.0 Å². The summed E-state index contributed by atoms with van der Waals surface area (Å²) in [6, 6.07) is 7.82. The van der Waals surface area contributed by atoms with Crippen LogP contribution in [0.3, 0.4) is 0 Å². The Morgan fingerprint density at radius 1 is 1.04 bits per heavy atom. The molecule has 9 nitrogen and oxygen atoms in total. The van der Waals surface area contributed by atoms with Crippen LogP contribution in [-0.2, 0) is 15.7 Å². The molecule has 0 spiro atoms. The fourth-order valence-corrected chi connectivity index (χ4v) is 9.82. The van der Waals surface area contributed by atoms with Crippen molar-refractivity contribution in [3.05, 3.63) is 47.8 Å². The molecule has 2 aromatic heterocycles. The van der Waals surface area contributed by atoms with E-state index in [9.17, 15) is 36.6 Å². The van der Waals surface area contributed by atoms with Gasteiger partial charge in [0.25, 0.3) is 5.91 Å². The molecule has 5 unspecified atom stereocenters. The first-order valence-corrected chi connectivity index (χ1v) is 18.8. The maximum atomic E-state index is 14.7. The van der Waals surface area contributed by atoms with Gasteiger partial charge in [-0.1, -0.05) is 6.92 Å². The minimum atomic E-state index is -5.03. The van der Waals surface area contributed by atoms with Crippen molar-refractivity contribution in [1.29, 1.82) is 0 Å². The van der Waals surface area contributed by atoms with E-state index in [0.29, 0.717) is 54.3 Å². The van der Waals surface area contributed by atoms with Crippen LogP contribution in [0.15, 0.2) is 36.5 Å². The molecule has 5 atom stereocenters. The first-order chi connectivity index (χ1) is 25.2. The predicted molar refractivity (Wildman–Crippen MR) is 185 cm³/mol. The fraction of sp³-hybridized carbons (Fsp3) is 0.615. The Bertz CT molecular complexity index is 1890. The molecule has 3 aromatic rings. The molecule has 5 fully saturated rings. The van der Waals surface area contributed by atoms with E-state index in [-0.39, 0.29) is 67.7 Å². The van der Waals surface area contributed by atoms with Gasteiger partial charge < -0.3 is 24.5 Å². The SMILES string of the molecule is CC1CC2CC(C1)C(NC(=O)c1ccc(-c3cn(C4CCC(F)(F)CC4)c4cc(OC5CCCN(C6COC6)C5)ccc34)nc1C(F)(F)F)(C(=O)O)C2. The number of nitrogens with one attached hydrogen (secondary N) is 1. The number of halogens is 5. The lowest BCUT2D eigenvalue weighted by molar-refractivity contribution is -0.146. The monoisotopic (exact) mass is 744 g/mol. The summed E-state index contributed by atoms with van der Waals surface area (Å²) in [6.45, 7) is 5.14. The van der Waals surface area contributed by atoms with E-state index in [1.807, 2.05) is 17.6 Å². The Morgan fingerprint density at radius 3 is 2.51 bits per heavy atom. The van der Waals surface area contributed by atoms with Crippen LogP contribution in [0.5, 0.6) is 5.75 Å². The summed E-state index contributed by atoms with van der Waals surface area (Å²) in [4.78, 5) is 32.7. The van der Waals surface area contributed by atoms with Gasteiger partial charge in [-0.3, -0.25) is 9.69 Å². The lowest BCUT2D eigenvalue weighted by Crippen LogP contribution is -2.57. The van der Waals surface area contributed by atoms with Gasteiger partial charge in [-0.2, -0.15) is 13.2 Å². The van der Waals surface area contributed by atoms with Crippen molar-refractivity contribution < 1.29 is 46.1 Å². The summed E-state index contributed by atoms with van der Waals surface area (Å²) in [5, 5.41) is 13.4. The quantitative estimate of drug-likeness (QED) is 0.228. The van der Waals surface area contributed by atoms with Gasteiger partial charge in [0.1, 0.15) is 17.4 Å². The number of fused-ring (bicyclic) bond motifs is 3. The number of hydrogen-bond acceptors (Lipinski definition) is 6. The molecule has 5 aliphatic rings. The Labute approximate surface area is 304 Å². The number of benzene rings is 1. The van der Waals surface area contributed by atoms with Crippen molar-refractivity contribution >= 4 is 22.8 Å². The van der Waals surface area contributed by atoms with E-state index in [1.165, 1.54) is 6.07 Å². The van der Waals surface area contributed by atoms with Crippen LogP contribution in [0.4, 0.5) is 22.0 Å². The molecule has 3 saturated carbocycles. The van der Waals surface area contributed by atoms with Crippen LogP contribution >= 0.6 is 0 Å². The molecular weight excluding hydrogens is 699 g/mol. The summed E-state index contributed by atoms with van der Waals surface area (Å²) in [5.41, 5.74) is -2.87. The summed E-state index contributed by atoms with van der Waals surface area (Å²) < 4.78 is 86.4. The maximum absolute atomic E-state index is 14.7. The molecule has 0 radical (unpaired) electrons. The number of carboxylic acids is 1. The molecule has 2 N–H and O–H groups in total. The number of ether oxygens (including phenoxy) is 2. The van der Waals surface area contributed by atoms with Crippen LogP contribution in [0.1, 0.15) is 93.2 Å². The summed E-state index contributed by atoms with van der Waals surface area (Å²) in [6.07, 6.45) is 0.326. The van der Waals surface area contributed by atoms with Crippen molar-refractivity contribution in [1.82, 2.24) is 19.8 Å². The minimum Gasteiger partial charge on any atom is -0.489 e. The van der Waals surface area contributed by atoms with Gasteiger partial charge in [0, 0.05) is 48.6 Å². The van der Waals surface area contributed by atoms with Gasteiger partial charge in [-0.25, -0.2) is 18.6 Å². The second-order valence-corrected chi connectivity index (χ2v) is 16.2. The van der Waals surface area contributed by atoms with Gasteiger partial charge in [-0.05, 0) is 99.9 Å². The number of aromatic nitrogens is 2. The summed E-state index contributed by atoms with van der Waals surface area (Å²) >= 11 is 0. The first-order valence-electron chi connectivity index (χ1n) is 18.8. The Balaban J connectivity index is 1.13. The second-order valence-electron chi connectivity index (χ2n) is 16.2. The van der Waals surface area contributed by atoms with E-state index in [0.717, 1.165) is 38.4 Å². The molecule has 2 aliphatic heterocycles. The van der Waals surface area contributed by atoms with Crippen LogP contribution in [0.2, 0.25) is 0 Å². The smallest absolute Gasteiger partial charge is 0.434 e. The largest absolute Gasteiger partial charge is 0.489 e. The standard InChI is InChI=1S/C39H45F5N4O5/c1-22-13-23-15-24(14-22)38(17-23,36(50)51)46-35(49)30-6-7-32(45-34(30)39(42,43)44)31-19-48(25-8-10-37(40,41)11-9-25)33-16-27(4-5-29(31)33)53-28-3-2-12-47(18-28)26-20-52-21-26/h4-7,16,19,22-26,28H,2-3,8-15,17-18,20-21H2,1H3,(H,46,49)(H,50,51). The molecule has 2 bridgehead atoms. The Hall–Kier alpha value is -3.78. The molecule has 8 rings (SSSR count). The molecule has 1 amide bonds. The number of rotatable bonds is 8. The zero-order valence-corrected chi connectivity index (χ0v) is 29.6. The summed E-state index contributed by atoms with van der Waals surface area (Å²) in [7, 11) is 0. The van der Waals surface area contributed by atoms with Crippen LogP contribution in [0, 0.1) is 17.8 Å². The number of pyridine rings is 1. The van der Waals surface area contributed by atoms with Crippen molar-refractivity contribution in [3.63, 3.8) is 0 Å². The number of nitrogens with zero attached hydrogens (tertiary/aromatic N) is 3. The Kier molecular flexibility index (Phi) is 9.23. The number of piperidine rings is 1. The number of carboxylic acid groups (broad SMARTS) is 1. The average Bonchev–Trinajstić information content (AvgIpc) is 3.57.